The molecule has 0 saturated heterocycles. The minimum atomic E-state index is -0.482. The van der Waals surface area contributed by atoms with Crippen molar-refractivity contribution in [3.05, 3.63) is 51.7 Å². The van der Waals surface area contributed by atoms with E-state index in [2.05, 4.69) is 34.0 Å². The highest BCUT2D eigenvalue weighted by molar-refractivity contribution is 14.0. The lowest BCUT2D eigenvalue weighted by molar-refractivity contribution is -0.119. The van der Waals surface area contributed by atoms with Crippen molar-refractivity contribution in [3.8, 4) is 5.75 Å². The number of carbonyl (C=O) groups excluding carboxylic acids is 1. The van der Waals surface area contributed by atoms with Gasteiger partial charge in [-0.1, -0.05) is 12.1 Å². The molecule has 6 nitrogen and oxygen atoms in total. The molecule has 0 unspecified atom stereocenters. The Morgan fingerprint density at radius 2 is 1.96 bits per heavy atom. The second-order valence-corrected chi connectivity index (χ2v) is 6.53. The molecule has 142 valence electrons. The predicted molar refractivity (Wildman–Crippen MR) is 118 cm³/mol. The van der Waals surface area contributed by atoms with E-state index in [1.165, 1.54) is 16.0 Å². The zero-order valence-corrected chi connectivity index (χ0v) is 18.1. The Bertz CT molecular complexity index is 716. The van der Waals surface area contributed by atoms with Crippen LogP contribution < -0.4 is 21.1 Å². The van der Waals surface area contributed by atoms with Crippen LogP contribution in [0.25, 0.3) is 0 Å². The van der Waals surface area contributed by atoms with E-state index >= 15 is 0 Å². The summed E-state index contributed by atoms with van der Waals surface area (Å²) in [6.07, 6.45) is 0.856. The number of hydrogen-bond donors (Lipinski definition) is 3. The number of thiophene rings is 1. The van der Waals surface area contributed by atoms with E-state index in [1.807, 2.05) is 24.3 Å². The first kappa shape index (κ1) is 22.2. The molecule has 0 aliphatic rings. The number of nitrogens with one attached hydrogen (secondary N) is 2. The molecule has 0 saturated carbocycles. The molecule has 1 aromatic carbocycles. The quantitative estimate of drug-likeness (QED) is 0.303. The standard InChI is InChI=1S/C18H24N4O2S.HI/c1-13-8-10-25-16(13)11-22-18(20-2)21-9-7-14-3-5-15(6-4-14)24-12-17(19)23;/h3-6,8,10H,7,9,11-12H2,1-2H3,(H2,19,23)(H2,20,21,22);1H. The maximum Gasteiger partial charge on any atom is 0.255 e. The smallest absolute Gasteiger partial charge is 0.255 e. The maximum absolute atomic E-state index is 10.7. The highest BCUT2D eigenvalue weighted by Gasteiger charge is 2.03. The molecule has 8 heteroatoms. The Morgan fingerprint density at radius 1 is 1.23 bits per heavy atom. The van der Waals surface area contributed by atoms with E-state index < -0.39 is 5.91 Å². The van der Waals surface area contributed by atoms with Gasteiger partial charge >= 0.3 is 0 Å². The van der Waals surface area contributed by atoms with Gasteiger partial charge in [0.2, 0.25) is 0 Å². The minimum absolute atomic E-state index is 0. The molecule has 1 heterocycles. The topological polar surface area (TPSA) is 88.7 Å². The van der Waals surface area contributed by atoms with Crippen LogP contribution in [-0.4, -0.2) is 32.1 Å². The molecule has 0 atom stereocenters. The third-order valence-corrected chi connectivity index (χ3v) is 4.64. The fourth-order valence-corrected chi connectivity index (χ4v) is 3.05. The van der Waals surface area contributed by atoms with E-state index in [1.54, 1.807) is 18.4 Å². The molecule has 0 radical (unpaired) electrons. The number of nitrogens with two attached hydrogens (primary N) is 1. The first-order valence-electron chi connectivity index (χ1n) is 8.06. The van der Waals surface area contributed by atoms with Crippen LogP contribution in [0.3, 0.4) is 0 Å². The summed E-state index contributed by atoms with van der Waals surface area (Å²) in [6, 6.07) is 9.75. The number of amides is 1. The van der Waals surface area contributed by atoms with Crippen molar-refractivity contribution in [2.75, 3.05) is 20.2 Å². The molecular formula is C18H25IN4O2S. The molecular weight excluding hydrogens is 463 g/mol. The number of aryl methyl sites for hydroxylation is 1. The number of halogens is 1. The number of nitrogens with zero attached hydrogens (tertiary/aromatic N) is 1. The molecule has 0 bridgehead atoms. The number of ether oxygens (including phenoxy) is 1. The van der Waals surface area contributed by atoms with E-state index in [9.17, 15) is 4.79 Å². The van der Waals surface area contributed by atoms with Crippen molar-refractivity contribution in [1.82, 2.24) is 10.6 Å². The maximum atomic E-state index is 10.7. The average Bonchev–Trinajstić information content (AvgIpc) is 3.02. The SMILES string of the molecule is CN=C(NCCc1ccc(OCC(N)=O)cc1)NCc1sccc1C.I. The Balaban J connectivity index is 0.00000338. The third kappa shape index (κ3) is 7.61. The molecule has 1 aromatic heterocycles. The normalized spacial score (nSPS) is 10.8. The Kier molecular flexibility index (Phi) is 10.0. The van der Waals surface area contributed by atoms with E-state index in [-0.39, 0.29) is 30.6 Å². The van der Waals surface area contributed by atoms with Gasteiger partial charge in [0.25, 0.3) is 5.91 Å². The van der Waals surface area contributed by atoms with E-state index in [0.29, 0.717) is 5.75 Å². The van der Waals surface area contributed by atoms with Crippen molar-refractivity contribution in [2.45, 2.75) is 19.9 Å². The average molecular weight is 488 g/mol. The predicted octanol–water partition coefficient (Wildman–Crippen LogP) is 2.45. The van der Waals surface area contributed by atoms with Gasteiger partial charge in [0.1, 0.15) is 5.75 Å². The lowest BCUT2D eigenvalue weighted by atomic mass is 10.1. The minimum Gasteiger partial charge on any atom is -0.484 e. The van der Waals surface area contributed by atoms with Crippen LogP contribution >= 0.6 is 35.3 Å². The van der Waals surface area contributed by atoms with Crippen LogP contribution in [-0.2, 0) is 17.8 Å². The summed E-state index contributed by atoms with van der Waals surface area (Å²) >= 11 is 1.74. The van der Waals surface area contributed by atoms with Crippen molar-refractivity contribution in [2.24, 2.45) is 10.7 Å². The van der Waals surface area contributed by atoms with Gasteiger partial charge in [-0.25, -0.2) is 0 Å². The van der Waals surface area contributed by atoms with Crippen molar-refractivity contribution >= 4 is 47.2 Å². The highest BCUT2D eigenvalue weighted by Crippen LogP contribution is 2.14. The van der Waals surface area contributed by atoms with Crippen LogP contribution in [0.5, 0.6) is 5.75 Å². The van der Waals surface area contributed by atoms with E-state index in [0.717, 1.165) is 25.5 Å². The fraction of sp³-hybridized carbons (Fsp3) is 0.333. The van der Waals surface area contributed by atoms with Gasteiger partial charge < -0.3 is 21.1 Å². The van der Waals surface area contributed by atoms with Gasteiger partial charge in [-0.3, -0.25) is 9.79 Å². The van der Waals surface area contributed by atoms with Gasteiger partial charge in [-0.2, -0.15) is 0 Å². The number of primary amides is 1. The number of carbonyl (C=O) groups is 1. The second kappa shape index (κ2) is 11.7. The van der Waals surface area contributed by atoms with Crippen molar-refractivity contribution in [1.29, 1.82) is 0 Å². The Hall–Kier alpha value is -1.81. The monoisotopic (exact) mass is 488 g/mol. The Labute approximate surface area is 175 Å². The first-order valence-corrected chi connectivity index (χ1v) is 8.94. The molecule has 0 fully saturated rings. The molecule has 0 aliphatic carbocycles. The molecule has 4 N–H and O–H groups in total. The van der Waals surface area contributed by atoms with Crippen LogP contribution in [0.1, 0.15) is 16.0 Å². The molecule has 26 heavy (non-hydrogen) atoms. The summed E-state index contributed by atoms with van der Waals surface area (Å²) in [5.41, 5.74) is 7.52. The van der Waals surface area contributed by atoms with Crippen LogP contribution in [0.15, 0.2) is 40.7 Å². The summed E-state index contributed by atoms with van der Waals surface area (Å²) in [5, 5.41) is 8.72. The molecule has 2 rings (SSSR count). The van der Waals surface area contributed by atoms with Gasteiger partial charge in [0.15, 0.2) is 12.6 Å². The molecule has 0 aliphatic heterocycles. The van der Waals surface area contributed by atoms with Crippen LogP contribution in [0, 0.1) is 6.92 Å². The number of aliphatic imine (C=N–C) groups is 1. The summed E-state index contributed by atoms with van der Waals surface area (Å²) in [7, 11) is 1.77. The van der Waals surface area contributed by atoms with E-state index in [4.69, 9.17) is 10.5 Å². The zero-order valence-electron chi connectivity index (χ0n) is 15.0. The summed E-state index contributed by atoms with van der Waals surface area (Å²) in [5.74, 6) is 0.943. The summed E-state index contributed by atoms with van der Waals surface area (Å²) < 4.78 is 5.24. The Morgan fingerprint density at radius 3 is 2.54 bits per heavy atom. The third-order valence-electron chi connectivity index (χ3n) is 3.62. The number of rotatable bonds is 8. The summed E-state index contributed by atoms with van der Waals surface area (Å²) in [6.45, 7) is 3.55. The summed E-state index contributed by atoms with van der Waals surface area (Å²) in [4.78, 5) is 16.2. The number of guanidine groups is 1. The van der Waals surface area contributed by atoms with Gasteiger partial charge in [0.05, 0.1) is 6.54 Å². The second-order valence-electron chi connectivity index (χ2n) is 5.53. The van der Waals surface area contributed by atoms with Crippen molar-refractivity contribution in [3.63, 3.8) is 0 Å². The fourth-order valence-electron chi connectivity index (χ4n) is 2.20. The molecule has 1 amide bonds. The van der Waals surface area contributed by atoms with Crippen molar-refractivity contribution < 1.29 is 9.53 Å². The van der Waals surface area contributed by atoms with Gasteiger partial charge in [-0.05, 0) is 48.1 Å². The number of benzene rings is 1. The molecule has 0 spiro atoms. The highest BCUT2D eigenvalue weighted by atomic mass is 127. The molecule has 2 aromatic rings. The zero-order chi connectivity index (χ0) is 18.1. The van der Waals surface area contributed by atoms with Gasteiger partial charge in [-0.15, -0.1) is 35.3 Å². The van der Waals surface area contributed by atoms with Gasteiger partial charge in [0, 0.05) is 18.5 Å². The largest absolute Gasteiger partial charge is 0.484 e. The lowest BCUT2D eigenvalue weighted by Crippen LogP contribution is -2.37. The number of hydrogen-bond acceptors (Lipinski definition) is 4. The first-order chi connectivity index (χ1) is 12.1. The van der Waals surface area contributed by atoms with Crippen LogP contribution in [0.4, 0.5) is 0 Å². The lowest BCUT2D eigenvalue weighted by Gasteiger charge is -2.12. The van der Waals surface area contributed by atoms with Crippen LogP contribution in [0.2, 0.25) is 0 Å².